The van der Waals surface area contributed by atoms with E-state index in [0.717, 1.165) is 30.6 Å². The summed E-state index contributed by atoms with van der Waals surface area (Å²) in [6.07, 6.45) is 7.98. The fourth-order valence-corrected chi connectivity index (χ4v) is 2.68. The van der Waals surface area contributed by atoms with Gasteiger partial charge in [-0.3, -0.25) is 0 Å². The molecule has 0 saturated carbocycles. The highest BCUT2D eigenvalue weighted by molar-refractivity contribution is 5.43. The van der Waals surface area contributed by atoms with Crippen molar-refractivity contribution in [1.29, 1.82) is 0 Å². The Kier molecular flexibility index (Phi) is 5.37. The summed E-state index contributed by atoms with van der Waals surface area (Å²) < 4.78 is 11.6. The van der Waals surface area contributed by atoms with Crippen LogP contribution in [0.15, 0.2) is 36.9 Å². The second-order valence-corrected chi connectivity index (χ2v) is 5.59. The number of nitrogens with zero attached hydrogens (tertiary/aromatic N) is 3. The molecule has 1 fully saturated rings. The summed E-state index contributed by atoms with van der Waals surface area (Å²) in [6, 6.07) is 5.78. The maximum atomic E-state index is 6.00. The predicted molar refractivity (Wildman–Crippen MR) is 87.5 cm³/mol. The van der Waals surface area contributed by atoms with E-state index in [1.807, 2.05) is 24.4 Å². The SMILES string of the molecule is CCCc1cncnc1N[C@H]1CCOC[C@@H]1Oc1ccccn1. The van der Waals surface area contributed by atoms with E-state index in [4.69, 9.17) is 9.47 Å². The molecule has 0 unspecified atom stereocenters. The number of anilines is 1. The lowest BCUT2D eigenvalue weighted by Gasteiger charge is -2.32. The number of nitrogens with one attached hydrogen (secondary N) is 1. The van der Waals surface area contributed by atoms with Gasteiger partial charge >= 0.3 is 0 Å². The molecular formula is C17H22N4O2. The molecule has 1 saturated heterocycles. The molecule has 0 amide bonds. The minimum atomic E-state index is -0.0944. The van der Waals surface area contributed by atoms with Crippen LogP contribution in [0.25, 0.3) is 0 Å². The van der Waals surface area contributed by atoms with Gasteiger partial charge in [0.25, 0.3) is 0 Å². The molecule has 0 aromatic carbocycles. The van der Waals surface area contributed by atoms with Gasteiger partial charge in [0.1, 0.15) is 18.2 Å². The molecule has 6 heteroatoms. The molecule has 6 nitrogen and oxygen atoms in total. The topological polar surface area (TPSA) is 69.2 Å². The molecular weight excluding hydrogens is 292 g/mol. The first-order valence-electron chi connectivity index (χ1n) is 8.07. The van der Waals surface area contributed by atoms with Crippen molar-refractivity contribution in [3.8, 4) is 5.88 Å². The first-order valence-corrected chi connectivity index (χ1v) is 8.07. The number of hydrogen-bond donors (Lipinski definition) is 1. The Labute approximate surface area is 136 Å². The highest BCUT2D eigenvalue weighted by Crippen LogP contribution is 2.21. The van der Waals surface area contributed by atoms with Crippen molar-refractivity contribution in [2.24, 2.45) is 0 Å². The third-order valence-electron chi connectivity index (χ3n) is 3.84. The average molecular weight is 314 g/mol. The van der Waals surface area contributed by atoms with Crippen LogP contribution in [-0.4, -0.2) is 40.3 Å². The quantitative estimate of drug-likeness (QED) is 0.883. The van der Waals surface area contributed by atoms with E-state index in [2.05, 4.69) is 27.2 Å². The first kappa shape index (κ1) is 15.7. The maximum absolute atomic E-state index is 6.00. The number of ether oxygens (including phenoxy) is 2. The van der Waals surface area contributed by atoms with Crippen molar-refractivity contribution in [3.63, 3.8) is 0 Å². The Hall–Kier alpha value is -2.21. The van der Waals surface area contributed by atoms with Crippen LogP contribution in [0.3, 0.4) is 0 Å². The van der Waals surface area contributed by atoms with Crippen molar-refractivity contribution < 1.29 is 9.47 Å². The summed E-state index contributed by atoms with van der Waals surface area (Å²) in [6.45, 7) is 3.41. The average Bonchev–Trinajstić information content (AvgIpc) is 2.59. The number of pyridine rings is 1. The molecule has 0 aliphatic carbocycles. The third kappa shape index (κ3) is 4.16. The Morgan fingerprint density at radius 1 is 1.35 bits per heavy atom. The summed E-state index contributed by atoms with van der Waals surface area (Å²) in [4.78, 5) is 12.8. The van der Waals surface area contributed by atoms with Crippen LogP contribution < -0.4 is 10.1 Å². The van der Waals surface area contributed by atoms with E-state index in [1.165, 1.54) is 0 Å². The second-order valence-electron chi connectivity index (χ2n) is 5.59. The van der Waals surface area contributed by atoms with Gasteiger partial charge in [-0.05, 0) is 18.9 Å². The van der Waals surface area contributed by atoms with Crippen molar-refractivity contribution >= 4 is 5.82 Å². The zero-order chi connectivity index (χ0) is 15.9. The molecule has 2 aromatic rings. The molecule has 3 heterocycles. The molecule has 2 aromatic heterocycles. The summed E-state index contributed by atoms with van der Waals surface area (Å²) >= 11 is 0. The Balaban J connectivity index is 1.72. The third-order valence-corrected chi connectivity index (χ3v) is 3.84. The number of hydrogen-bond acceptors (Lipinski definition) is 6. The summed E-state index contributed by atoms with van der Waals surface area (Å²) in [5, 5.41) is 3.52. The minimum Gasteiger partial charge on any atom is -0.470 e. The van der Waals surface area contributed by atoms with Gasteiger partial charge in [-0.15, -0.1) is 0 Å². The monoisotopic (exact) mass is 314 g/mol. The van der Waals surface area contributed by atoms with Gasteiger partial charge < -0.3 is 14.8 Å². The van der Waals surface area contributed by atoms with E-state index < -0.39 is 0 Å². The predicted octanol–water partition coefficient (Wildman–Crippen LogP) is 2.47. The van der Waals surface area contributed by atoms with Crippen LogP contribution >= 0.6 is 0 Å². The summed E-state index contributed by atoms with van der Waals surface area (Å²) in [5.74, 6) is 1.51. The van der Waals surface area contributed by atoms with E-state index in [1.54, 1.807) is 12.5 Å². The number of rotatable bonds is 6. The highest BCUT2D eigenvalue weighted by atomic mass is 16.5. The number of aryl methyl sites for hydroxylation is 1. The summed E-state index contributed by atoms with van der Waals surface area (Å²) in [7, 11) is 0. The summed E-state index contributed by atoms with van der Waals surface area (Å²) in [5.41, 5.74) is 1.14. The fourth-order valence-electron chi connectivity index (χ4n) is 2.68. The molecule has 3 rings (SSSR count). The second kappa shape index (κ2) is 7.87. The Morgan fingerprint density at radius 2 is 2.30 bits per heavy atom. The first-order chi connectivity index (χ1) is 11.4. The van der Waals surface area contributed by atoms with E-state index in [0.29, 0.717) is 19.1 Å². The van der Waals surface area contributed by atoms with Gasteiger partial charge in [0.2, 0.25) is 5.88 Å². The molecule has 2 atom stereocenters. The number of aromatic nitrogens is 3. The molecule has 23 heavy (non-hydrogen) atoms. The van der Waals surface area contributed by atoms with Crippen LogP contribution in [0, 0.1) is 0 Å². The van der Waals surface area contributed by atoms with E-state index in [-0.39, 0.29) is 12.1 Å². The van der Waals surface area contributed by atoms with E-state index in [9.17, 15) is 0 Å². The van der Waals surface area contributed by atoms with Crippen LogP contribution in [0.1, 0.15) is 25.3 Å². The lowest BCUT2D eigenvalue weighted by atomic mass is 10.1. The van der Waals surface area contributed by atoms with Gasteiger partial charge in [-0.2, -0.15) is 0 Å². The Bertz CT molecular complexity index is 609. The van der Waals surface area contributed by atoms with Gasteiger partial charge in [0, 0.05) is 30.6 Å². The van der Waals surface area contributed by atoms with Gasteiger partial charge in [0.15, 0.2) is 0 Å². The zero-order valence-electron chi connectivity index (χ0n) is 13.3. The van der Waals surface area contributed by atoms with Crippen LogP contribution in [0.2, 0.25) is 0 Å². The molecule has 0 radical (unpaired) electrons. The van der Waals surface area contributed by atoms with Crippen LogP contribution in [-0.2, 0) is 11.2 Å². The van der Waals surface area contributed by atoms with Gasteiger partial charge in [0.05, 0.1) is 12.6 Å². The molecule has 122 valence electrons. The molecule has 0 spiro atoms. The molecule has 1 aliphatic rings. The fraction of sp³-hybridized carbons (Fsp3) is 0.471. The molecule has 1 N–H and O–H groups in total. The standard InChI is InChI=1S/C17H22N4O2/c1-2-5-13-10-18-12-20-17(13)21-14-7-9-22-11-15(14)23-16-6-3-4-8-19-16/h3-4,6,8,10,12,14-15H,2,5,7,9,11H2,1H3,(H,18,20,21)/t14-,15-/m0/s1. The lowest BCUT2D eigenvalue weighted by molar-refractivity contribution is -0.00254. The van der Waals surface area contributed by atoms with E-state index >= 15 is 0 Å². The van der Waals surface area contributed by atoms with Crippen molar-refractivity contribution in [2.75, 3.05) is 18.5 Å². The van der Waals surface area contributed by atoms with Crippen LogP contribution in [0.4, 0.5) is 5.82 Å². The Morgan fingerprint density at radius 3 is 3.13 bits per heavy atom. The normalized spacial score (nSPS) is 20.9. The lowest BCUT2D eigenvalue weighted by Crippen LogP contribution is -2.46. The smallest absolute Gasteiger partial charge is 0.213 e. The molecule has 1 aliphatic heterocycles. The largest absolute Gasteiger partial charge is 0.470 e. The maximum Gasteiger partial charge on any atom is 0.213 e. The van der Waals surface area contributed by atoms with Crippen molar-refractivity contribution in [3.05, 3.63) is 42.5 Å². The zero-order valence-corrected chi connectivity index (χ0v) is 13.3. The van der Waals surface area contributed by atoms with Crippen molar-refractivity contribution in [2.45, 2.75) is 38.3 Å². The van der Waals surface area contributed by atoms with Gasteiger partial charge in [-0.25, -0.2) is 15.0 Å². The van der Waals surface area contributed by atoms with Crippen molar-refractivity contribution in [1.82, 2.24) is 15.0 Å². The highest BCUT2D eigenvalue weighted by Gasteiger charge is 2.28. The minimum absolute atomic E-state index is 0.0944. The van der Waals surface area contributed by atoms with Gasteiger partial charge in [-0.1, -0.05) is 19.4 Å². The van der Waals surface area contributed by atoms with Crippen LogP contribution in [0.5, 0.6) is 5.88 Å². The molecule has 0 bridgehead atoms.